The first-order valence-electron chi connectivity index (χ1n) is 12.3. The first kappa shape index (κ1) is 24.2. The average Bonchev–Trinajstić information content (AvgIpc) is 2.72. The van der Waals surface area contributed by atoms with E-state index in [-0.39, 0.29) is 11.8 Å². The normalized spacial score (nSPS) is 15.8. The predicted octanol–water partition coefficient (Wildman–Crippen LogP) is 8.00. The first-order chi connectivity index (χ1) is 15.4. The van der Waals surface area contributed by atoms with E-state index >= 15 is 0 Å². The number of carbonyl (C=O) groups is 1. The lowest BCUT2D eigenvalue weighted by molar-refractivity contribution is 0.0854. The fourth-order valence-corrected chi connectivity index (χ4v) is 4.72. The number of nitrogens with zero attached hydrogens (tertiary/aromatic N) is 1. The van der Waals surface area contributed by atoms with E-state index in [0.717, 1.165) is 48.9 Å². The number of unbranched alkanes of at least 4 members (excludes halogenated alkanes) is 1. The van der Waals surface area contributed by atoms with Gasteiger partial charge in [-0.15, -0.1) is 0 Å². The molecule has 3 rings (SSSR count). The Bertz CT molecular complexity index is 1020. The number of ketones is 1. The van der Waals surface area contributed by atoms with Crippen LogP contribution in [0.4, 0.5) is 0 Å². The maximum atomic E-state index is 12.9. The van der Waals surface area contributed by atoms with Gasteiger partial charge in [-0.3, -0.25) is 9.79 Å². The number of aliphatic imine (C=N–C) groups is 1. The lowest BCUT2D eigenvalue weighted by Gasteiger charge is -2.26. The van der Waals surface area contributed by atoms with Crippen LogP contribution in [0.5, 0.6) is 0 Å². The fraction of sp³-hybridized carbons (Fsp3) is 0.467. The number of Topliss-reactive ketones (excluding diaryl/α,β-unsaturated/α-hetero) is 1. The number of carbonyl (C=O) groups excluding carboxylic acids is 1. The van der Waals surface area contributed by atoms with Crippen LogP contribution >= 0.6 is 0 Å². The molecular formula is C30H39NO. The molecule has 2 heteroatoms. The van der Waals surface area contributed by atoms with Gasteiger partial charge < -0.3 is 0 Å². The zero-order valence-corrected chi connectivity index (χ0v) is 20.8. The lowest BCUT2D eigenvalue weighted by Crippen LogP contribution is -2.23. The van der Waals surface area contributed by atoms with Crippen LogP contribution in [0, 0.1) is 33.6 Å². The van der Waals surface area contributed by atoms with E-state index in [1.54, 1.807) is 0 Å². The molecule has 0 spiro atoms. The van der Waals surface area contributed by atoms with Gasteiger partial charge in [-0.1, -0.05) is 50.1 Å². The van der Waals surface area contributed by atoms with Crippen LogP contribution in [-0.4, -0.2) is 12.0 Å². The van der Waals surface area contributed by atoms with Gasteiger partial charge in [0, 0.05) is 29.3 Å². The molecule has 0 amide bonds. The Balaban J connectivity index is 2.03. The van der Waals surface area contributed by atoms with Crippen molar-refractivity contribution >= 4 is 12.0 Å². The van der Waals surface area contributed by atoms with Crippen LogP contribution in [0.25, 0.3) is 0 Å². The summed E-state index contributed by atoms with van der Waals surface area (Å²) in [5.74, 6) is 0.779. The molecule has 0 saturated heterocycles. The highest BCUT2D eigenvalue weighted by atomic mass is 16.1. The van der Waals surface area contributed by atoms with Crippen LogP contribution in [0.1, 0.15) is 95.6 Å². The molecule has 32 heavy (non-hydrogen) atoms. The summed E-state index contributed by atoms with van der Waals surface area (Å²) in [5.41, 5.74) is 9.72. The second-order valence-electron chi connectivity index (χ2n) is 9.44. The van der Waals surface area contributed by atoms with Crippen molar-refractivity contribution in [2.45, 2.75) is 86.0 Å². The Morgan fingerprint density at radius 1 is 1.09 bits per heavy atom. The summed E-state index contributed by atoms with van der Waals surface area (Å²) in [6, 6.07) is 11.0. The molecule has 0 aromatic heterocycles. The Hall–Kier alpha value is -2.48. The third kappa shape index (κ3) is 5.28. The largest absolute Gasteiger partial charge is 0.294 e. The lowest BCUT2D eigenvalue weighted by atomic mass is 9.78. The van der Waals surface area contributed by atoms with Gasteiger partial charge in [-0.25, -0.2) is 0 Å². The van der Waals surface area contributed by atoms with Crippen molar-refractivity contribution in [1.82, 2.24) is 0 Å². The third-order valence-corrected chi connectivity index (χ3v) is 7.15. The average molecular weight is 430 g/mol. The van der Waals surface area contributed by atoms with Crippen LogP contribution < -0.4 is 0 Å². The quantitative estimate of drug-likeness (QED) is 0.293. The molecule has 0 bridgehead atoms. The van der Waals surface area contributed by atoms with Gasteiger partial charge >= 0.3 is 0 Å². The Kier molecular flexibility index (Phi) is 8.23. The standard InChI is InChI=1S/C30H39NO/c1-7-9-16-29(31-8-2)28(26-15-10-12-20(3)23(26)6)19-25-17-22(5)27(18-21(25)4)30(32)24-13-11-14-24/h8,10,12,15-18,24,28H,7,9,11,13-14,19H2,1-6H3/b29-16-,31-8?. The van der Waals surface area contributed by atoms with Crippen molar-refractivity contribution in [1.29, 1.82) is 0 Å². The summed E-state index contributed by atoms with van der Waals surface area (Å²) in [5, 5.41) is 0. The summed E-state index contributed by atoms with van der Waals surface area (Å²) in [6.45, 7) is 12.9. The highest BCUT2D eigenvalue weighted by Crippen LogP contribution is 2.36. The summed E-state index contributed by atoms with van der Waals surface area (Å²) < 4.78 is 0. The Morgan fingerprint density at radius 3 is 2.47 bits per heavy atom. The van der Waals surface area contributed by atoms with Gasteiger partial charge in [-0.2, -0.15) is 0 Å². The van der Waals surface area contributed by atoms with Crippen LogP contribution in [0.2, 0.25) is 0 Å². The second kappa shape index (κ2) is 10.9. The van der Waals surface area contributed by atoms with Gasteiger partial charge in [0.05, 0.1) is 0 Å². The molecule has 1 aliphatic rings. The minimum Gasteiger partial charge on any atom is -0.294 e. The van der Waals surface area contributed by atoms with E-state index in [1.165, 1.54) is 34.2 Å². The van der Waals surface area contributed by atoms with Gasteiger partial charge in [-0.05, 0) is 99.7 Å². The van der Waals surface area contributed by atoms with Crippen molar-refractivity contribution < 1.29 is 4.79 Å². The molecule has 1 unspecified atom stereocenters. The minimum atomic E-state index is 0.198. The number of benzene rings is 2. The van der Waals surface area contributed by atoms with E-state index in [9.17, 15) is 4.79 Å². The van der Waals surface area contributed by atoms with E-state index < -0.39 is 0 Å². The predicted molar refractivity (Wildman–Crippen MR) is 137 cm³/mol. The molecule has 1 saturated carbocycles. The topological polar surface area (TPSA) is 29.4 Å². The molecule has 2 aromatic carbocycles. The summed E-state index contributed by atoms with van der Waals surface area (Å²) in [6.07, 6.45) is 10.5. The SMILES string of the molecule is CC=N/C(=C\CCC)C(Cc1cc(C)c(C(=O)C2CCC2)cc1C)c1cccc(C)c1C. The molecule has 1 aliphatic carbocycles. The monoisotopic (exact) mass is 429 g/mol. The highest BCUT2D eigenvalue weighted by Gasteiger charge is 2.28. The third-order valence-electron chi connectivity index (χ3n) is 7.15. The van der Waals surface area contributed by atoms with Crippen molar-refractivity contribution in [3.8, 4) is 0 Å². The molecule has 2 nitrogen and oxygen atoms in total. The van der Waals surface area contributed by atoms with Crippen LogP contribution in [0.3, 0.4) is 0 Å². The molecule has 0 radical (unpaired) electrons. The van der Waals surface area contributed by atoms with E-state index in [4.69, 9.17) is 4.99 Å². The Labute approximate surface area is 194 Å². The zero-order valence-electron chi connectivity index (χ0n) is 20.8. The molecule has 1 fully saturated rings. The van der Waals surface area contributed by atoms with E-state index in [0.29, 0.717) is 5.78 Å². The van der Waals surface area contributed by atoms with Crippen molar-refractivity contribution in [3.05, 3.63) is 81.0 Å². The number of hydrogen-bond donors (Lipinski definition) is 0. The number of allylic oxidation sites excluding steroid dienone is 2. The molecular weight excluding hydrogens is 390 g/mol. The summed E-state index contributed by atoms with van der Waals surface area (Å²) >= 11 is 0. The van der Waals surface area contributed by atoms with Gasteiger partial charge in [0.2, 0.25) is 0 Å². The van der Waals surface area contributed by atoms with Gasteiger partial charge in [0.25, 0.3) is 0 Å². The molecule has 1 atom stereocenters. The van der Waals surface area contributed by atoms with Crippen LogP contribution in [0.15, 0.2) is 47.1 Å². The maximum Gasteiger partial charge on any atom is 0.166 e. The van der Waals surface area contributed by atoms with Crippen molar-refractivity contribution in [2.75, 3.05) is 0 Å². The number of rotatable bonds is 9. The molecule has 0 heterocycles. The smallest absolute Gasteiger partial charge is 0.166 e. The summed E-state index contributed by atoms with van der Waals surface area (Å²) in [7, 11) is 0. The Morgan fingerprint density at radius 2 is 1.84 bits per heavy atom. The minimum absolute atomic E-state index is 0.198. The number of aryl methyl sites for hydroxylation is 3. The highest BCUT2D eigenvalue weighted by molar-refractivity contribution is 5.99. The zero-order chi connectivity index (χ0) is 23.3. The molecule has 0 aliphatic heterocycles. The van der Waals surface area contributed by atoms with Crippen molar-refractivity contribution in [3.63, 3.8) is 0 Å². The molecule has 2 aromatic rings. The maximum absolute atomic E-state index is 12.9. The van der Waals surface area contributed by atoms with Gasteiger partial charge in [0.1, 0.15) is 0 Å². The fourth-order valence-electron chi connectivity index (χ4n) is 4.72. The molecule has 170 valence electrons. The number of hydrogen-bond acceptors (Lipinski definition) is 2. The van der Waals surface area contributed by atoms with Gasteiger partial charge in [0.15, 0.2) is 5.78 Å². The second-order valence-corrected chi connectivity index (χ2v) is 9.44. The summed E-state index contributed by atoms with van der Waals surface area (Å²) in [4.78, 5) is 17.7. The van der Waals surface area contributed by atoms with Crippen molar-refractivity contribution in [2.24, 2.45) is 10.9 Å². The first-order valence-corrected chi connectivity index (χ1v) is 12.3. The van der Waals surface area contributed by atoms with Crippen LogP contribution in [-0.2, 0) is 6.42 Å². The molecule has 0 N–H and O–H groups in total. The van der Waals surface area contributed by atoms with E-state index in [2.05, 4.69) is 71.0 Å². The van der Waals surface area contributed by atoms with E-state index in [1.807, 2.05) is 13.1 Å².